The fourth-order valence-corrected chi connectivity index (χ4v) is 2.12. The van der Waals surface area contributed by atoms with Crippen LogP contribution in [0.25, 0.3) is 0 Å². The molecule has 16 heavy (non-hydrogen) atoms. The number of benzene rings is 1. The molecule has 0 bridgehead atoms. The van der Waals surface area contributed by atoms with Gasteiger partial charge in [0.15, 0.2) is 0 Å². The fraction of sp³-hybridized carbons (Fsp3) is 0.0833. The summed E-state index contributed by atoms with van der Waals surface area (Å²) in [6, 6.07) is 8.76. The third-order valence-corrected chi connectivity index (χ3v) is 3.19. The molecule has 1 heterocycles. The third-order valence-electron chi connectivity index (χ3n) is 2.13. The van der Waals surface area contributed by atoms with Gasteiger partial charge in [-0.2, -0.15) is 0 Å². The van der Waals surface area contributed by atoms with Gasteiger partial charge in [0, 0.05) is 23.0 Å². The summed E-state index contributed by atoms with van der Waals surface area (Å²) in [4.78, 5) is 4.82. The molecule has 1 aromatic heterocycles. The molecule has 0 aliphatic heterocycles. The first-order valence-corrected chi connectivity index (χ1v) is 5.81. The first-order chi connectivity index (χ1) is 7.75. The van der Waals surface area contributed by atoms with Crippen LogP contribution in [-0.4, -0.2) is 4.98 Å². The van der Waals surface area contributed by atoms with Gasteiger partial charge in [-0.05, 0) is 35.9 Å². The SMILES string of the molecule is Nc1ccc(SCc2ccncc2)cc1F. The summed E-state index contributed by atoms with van der Waals surface area (Å²) in [6.07, 6.45) is 3.50. The van der Waals surface area contributed by atoms with Gasteiger partial charge in [-0.1, -0.05) is 0 Å². The Bertz CT molecular complexity index is 474. The number of thioether (sulfide) groups is 1. The molecule has 0 aliphatic rings. The Hall–Kier alpha value is -1.55. The van der Waals surface area contributed by atoms with Crippen molar-refractivity contribution in [1.82, 2.24) is 4.98 Å². The van der Waals surface area contributed by atoms with Crippen molar-refractivity contribution in [3.05, 3.63) is 54.1 Å². The molecule has 0 saturated carbocycles. The van der Waals surface area contributed by atoms with Gasteiger partial charge in [0.05, 0.1) is 5.69 Å². The number of hydrogen-bond donors (Lipinski definition) is 1. The summed E-state index contributed by atoms with van der Waals surface area (Å²) < 4.78 is 13.2. The minimum atomic E-state index is -0.361. The molecule has 2 nitrogen and oxygen atoms in total. The van der Waals surface area contributed by atoms with E-state index in [0.29, 0.717) is 0 Å². The Morgan fingerprint density at radius 2 is 1.94 bits per heavy atom. The highest BCUT2D eigenvalue weighted by molar-refractivity contribution is 7.98. The van der Waals surface area contributed by atoms with Gasteiger partial charge in [0.1, 0.15) is 5.82 Å². The summed E-state index contributed by atoms with van der Waals surface area (Å²) in [5.41, 5.74) is 6.76. The molecule has 0 fully saturated rings. The number of hydrogen-bond acceptors (Lipinski definition) is 3. The Morgan fingerprint density at radius 3 is 2.62 bits per heavy atom. The van der Waals surface area contributed by atoms with Crippen LogP contribution >= 0.6 is 11.8 Å². The van der Waals surface area contributed by atoms with Crippen molar-refractivity contribution in [1.29, 1.82) is 0 Å². The lowest BCUT2D eigenvalue weighted by atomic mass is 10.3. The van der Waals surface area contributed by atoms with Crippen molar-refractivity contribution in [3.63, 3.8) is 0 Å². The van der Waals surface area contributed by atoms with E-state index < -0.39 is 0 Å². The maximum absolute atomic E-state index is 13.2. The van der Waals surface area contributed by atoms with E-state index in [1.165, 1.54) is 6.07 Å². The van der Waals surface area contributed by atoms with Crippen molar-refractivity contribution >= 4 is 17.4 Å². The highest BCUT2D eigenvalue weighted by atomic mass is 32.2. The molecule has 82 valence electrons. The molecule has 2 aromatic rings. The number of nitrogens with zero attached hydrogens (tertiary/aromatic N) is 1. The van der Waals surface area contributed by atoms with E-state index in [2.05, 4.69) is 4.98 Å². The lowest BCUT2D eigenvalue weighted by molar-refractivity contribution is 0.629. The molecule has 2 rings (SSSR count). The van der Waals surface area contributed by atoms with Gasteiger partial charge in [0.25, 0.3) is 0 Å². The number of anilines is 1. The maximum atomic E-state index is 13.2. The summed E-state index contributed by atoms with van der Waals surface area (Å²) in [7, 11) is 0. The Kier molecular flexibility index (Phi) is 3.41. The molecule has 2 N–H and O–H groups in total. The van der Waals surface area contributed by atoms with Crippen LogP contribution in [0.3, 0.4) is 0 Å². The van der Waals surface area contributed by atoms with Crippen LogP contribution in [0.15, 0.2) is 47.6 Å². The highest BCUT2D eigenvalue weighted by Gasteiger charge is 2.01. The normalized spacial score (nSPS) is 10.3. The maximum Gasteiger partial charge on any atom is 0.147 e. The van der Waals surface area contributed by atoms with Crippen LogP contribution in [0, 0.1) is 5.82 Å². The van der Waals surface area contributed by atoms with Crippen molar-refractivity contribution in [3.8, 4) is 0 Å². The number of halogens is 1. The highest BCUT2D eigenvalue weighted by Crippen LogP contribution is 2.24. The van der Waals surface area contributed by atoms with Crippen LogP contribution < -0.4 is 5.73 Å². The number of rotatable bonds is 3. The zero-order valence-electron chi connectivity index (χ0n) is 8.56. The second-order valence-electron chi connectivity index (χ2n) is 3.33. The zero-order valence-corrected chi connectivity index (χ0v) is 9.38. The van der Waals surface area contributed by atoms with E-state index in [9.17, 15) is 4.39 Å². The van der Waals surface area contributed by atoms with Crippen molar-refractivity contribution < 1.29 is 4.39 Å². The molecular weight excluding hydrogens is 223 g/mol. The lowest BCUT2D eigenvalue weighted by Gasteiger charge is -2.03. The molecule has 0 saturated heterocycles. The van der Waals surface area contributed by atoms with E-state index in [1.807, 2.05) is 18.2 Å². The van der Waals surface area contributed by atoms with E-state index in [0.717, 1.165) is 16.2 Å². The molecular formula is C12H11FN2S. The first-order valence-electron chi connectivity index (χ1n) is 4.82. The summed E-state index contributed by atoms with van der Waals surface area (Å²) in [5.74, 6) is 0.436. The van der Waals surface area contributed by atoms with E-state index in [1.54, 1.807) is 30.2 Å². The van der Waals surface area contributed by atoms with Crippen LogP contribution in [0.5, 0.6) is 0 Å². The van der Waals surface area contributed by atoms with E-state index in [4.69, 9.17) is 5.73 Å². The van der Waals surface area contributed by atoms with Crippen LogP contribution in [0.2, 0.25) is 0 Å². The number of nitrogens with two attached hydrogens (primary N) is 1. The Balaban J connectivity index is 2.03. The van der Waals surface area contributed by atoms with Gasteiger partial charge in [-0.15, -0.1) is 11.8 Å². The molecule has 0 atom stereocenters. The van der Waals surface area contributed by atoms with Gasteiger partial charge in [0.2, 0.25) is 0 Å². The Labute approximate surface area is 97.7 Å². The number of aromatic nitrogens is 1. The van der Waals surface area contributed by atoms with Crippen LogP contribution in [0.1, 0.15) is 5.56 Å². The average molecular weight is 234 g/mol. The van der Waals surface area contributed by atoms with E-state index >= 15 is 0 Å². The quantitative estimate of drug-likeness (QED) is 0.655. The average Bonchev–Trinajstić information content (AvgIpc) is 2.32. The van der Waals surface area contributed by atoms with Gasteiger partial charge >= 0.3 is 0 Å². The smallest absolute Gasteiger partial charge is 0.147 e. The minimum Gasteiger partial charge on any atom is -0.396 e. The van der Waals surface area contributed by atoms with Crippen molar-refractivity contribution in [2.45, 2.75) is 10.6 Å². The predicted molar refractivity (Wildman–Crippen MR) is 64.6 cm³/mol. The number of pyridine rings is 1. The fourth-order valence-electron chi connectivity index (χ4n) is 1.24. The van der Waals surface area contributed by atoms with Gasteiger partial charge < -0.3 is 5.73 Å². The second kappa shape index (κ2) is 4.99. The molecule has 0 aliphatic carbocycles. The van der Waals surface area contributed by atoms with Gasteiger partial charge in [-0.3, -0.25) is 4.98 Å². The van der Waals surface area contributed by atoms with Gasteiger partial charge in [-0.25, -0.2) is 4.39 Å². The molecule has 1 aromatic carbocycles. The molecule has 0 unspecified atom stereocenters. The monoisotopic (exact) mass is 234 g/mol. The second-order valence-corrected chi connectivity index (χ2v) is 4.38. The molecule has 4 heteroatoms. The largest absolute Gasteiger partial charge is 0.396 e. The number of nitrogen functional groups attached to an aromatic ring is 1. The lowest BCUT2D eigenvalue weighted by Crippen LogP contribution is -1.90. The van der Waals surface area contributed by atoms with E-state index in [-0.39, 0.29) is 11.5 Å². The summed E-state index contributed by atoms with van der Waals surface area (Å²) >= 11 is 1.57. The van der Waals surface area contributed by atoms with Crippen molar-refractivity contribution in [2.75, 3.05) is 5.73 Å². The summed E-state index contributed by atoms with van der Waals surface area (Å²) in [5, 5.41) is 0. The summed E-state index contributed by atoms with van der Waals surface area (Å²) in [6.45, 7) is 0. The topological polar surface area (TPSA) is 38.9 Å². The minimum absolute atomic E-state index is 0.188. The standard InChI is InChI=1S/C12H11FN2S/c13-11-7-10(1-2-12(11)14)16-8-9-3-5-15-6-4-9/h1-7H,8,14H2. The molecule has 0 amide bonds. The zero-order chi connectivity index (χ0) is 11.4. The first kappa shape index (κ1) is 11.0. The predicted octanol–water partition coefficient (Wildman–Crippen LogP) is 3.10. The Morgan fingerprint density at radius 1 is 1.19 bits per heavy atom. The van der Waals surface area contributed by atoms with Crippen LogP contribution in [0.4, 0.5) is 10.1 Å². The third kappa shape index (κ3) is 2.73. The van der Waals surface area contributed by atoms with Crippen LogP contribution in [-0.2, 0) is 5.75 Å². The van der Waals surface area contributed by atoms with Crippen molar-refractivity contribution in [2.24, 2.45) is 0 Å². The molecule has 0 spiro atoms. The molecule has 0 radical (unpaired) electrons.